The number of rotatable bonds is 6. The Morgan fingerprint density at radius 1 is 1.27 bits per heavy atom. The summed E-state index contributed by atoms with van der Waals surface area (Å²) in [6.45, 7) is 1.70. The Balaban J connectivity index is 1.37. The fraction of sp³-hybridized carbons (Fsp3) is 0.348. The second kappa shape index (κ2) is 9.15. The minimum absolute atomic E-state index is 0.0489. The molecule has 33 heavy (non-hydrogen) atoms. The summed E-state index contributed by atoms with van der Waals surface area (Å²) in [5, 5.41) is 2.63. The number of ether oxygens (including phenoxy) is 1. The Kier molecular flexibility index (Phi) is 6.29. The molecule has 1 aromatic heterocycles. The number of anilines is 1. The number of halogens is 4. The lowest BCUT2D eigenvalue weighted by Gasteiger charge is -2.37. The quantitative estimate of drug-likeness (QED) is 0.513. The molecule has 1 amide bonds. The number of allylic oxidation sites excluding steroid dienone is 2. The van der Waals surface area contributed by atoms with E-state index in [0.29, 0.717) is 11.6 Å². The zero-order valence-electron chi connectivity index (χ0n) is 17.6. The lowest BCUT2D eigenvalue weighted by atomic mass is 9.71. The topological polar surface area (TPSA) is 78.2 Å². The minimum Gasteiger partial charge on any atom is -0.434 e. The second-order valence-electron chi connectivity index (χ2n) is 8.14. The molecule has 0 spiro atoms. The molecule has 1 N–H and O–H groups in total. The predicted molar refractivity (Wildman–Crippen MR) is 114 cm³/mol. The first-order valence-corrected chi connectivity index (χ1v) is 10.4. The lowest BCUT2D eigenvalue weighted by molar-refractivity contribution is -0.125. The first kappa shape index (κ1) is 22.7. The summed E-state index contributed by atoms with van der Waals surface area (Å²) in [5.74, 6) is -6.71. The highest BCUT2D eigenvalue weighted by Gasteiger charge is 2.49. The van der Waals surface area contributed by atoms with Crippen LogP contribution in [0.2, 0.25) is 0 Å². The third kappa shape index (κ3) is 5.12. The van der Waals surface area contributed by atoms with Gasteiger partial charge in [0, 0.05) is 24.5 Å². The summed E-state index contributed by atoms with van der Waals surface area (Å²) in [6, 6.07) is 2.84. The summed E-state index contributed by atoms with van der Waals surface area (Å²) in [6.07, 6.45) is 7.05. The maximum absolute atomic E-state index is 14.5. The van der Waals surface area contributed by atoms with Crippen molar-refractivity contribution in [3.8, 4) is 11.6 Å². The predicted octanol–water partition coefficient (Wildman–Crippen LogP) is 4.32. The van der Waals surface area contributed by atoms with Gasteiger partial charge in [-0.15, -0.1) is 4.67 Å². The number of amides is 1. The van der Waals surface area contributed by atoms with E-state index >= 15 is 0 Å². The zero-order chi connectivity index (χ0) is 23.6. The van der Waals surface area contributed by atoms with Crippen LogP contribution in [0.4, 0.5) is 23.4 Å². The molecule has 1 fully saturated rings. The third-order valence-electron chi connectivity index (χ3n) is 5.98. The molecular weight excluding hydrogens is 440 g/mol. The average molecular weight is 461 g/mol. The van der Waals surface area contributed by atoms with Gasteiger partial charge in [-0.25, -0.2) is 27.5 Å². The van der Waals surface area contributed by atoms with Crippen molar-refractivity contribution in [2.75, 3.05) is 5.32 Å². The van der Waals surface area contributed by atoms with Crippen molar-refractivity contribution in [3.63, 3.8) is 0 Å². The van der Waals surface area contributed by atoms with Gasteiger partial charge in [-0.3, -0.25) is 4.79 Å². The SMILES string of the molecule is CC(C(=O)Nc1cnc(Oc2ccc(F)cc2F)cn1)C1CCC(F)(F)C(C2=CC=[N+]=C2)C1. The summed E-state index contributed by atoms with van der Waals surface area (Å²) in [4.78, 5) is 20.7. The number of carbonyl (C=O) groups is 1. The van der Waals surface area contributed by atoms with Gasteiger partial charge in [0.05, 0.1) is 23.9 Å². The summed E-state index contributed by atoms with van der Waals surface area (Å²) in [5.41, 5.74) is 0.483. The first-order chi connectivity index (χ1) is 15.7. The molecule has 0 radical (unpaired) electrons. The number of alkyl halides is 2. The molecule has 3 unspecified atom stereocenters. The molecule has 2 aromatic rings. The van der Waals surface area contributed by atoms with Crippen LogP contribution < -0.4 is 14.7 Å². The fourth-order valence-corrected chi connectivity index (χ4v) is 4.04. The highest BCUT2D eigenvalue weighted by molar-refractivity contribution is 5.94. The van der Waals surface area contributed by atoms with Gasteiger partial charge in [0.2, 0.25) is 11.8 Å². The molecular formula is C23H21F4N4O2+. The van der Waals surface area contributed by atoms with E-state index in [1.54, 1.807) is 13.0 Å². The highest BCUT2D eigenvalue weighted by Crippen LogP contribution is 2.46. The molecule has 172 valence electrons. The first-order valence-electron chi connectivity index (χ1n) is 10.4. The molecule has 2 aliphatic rings. The van der Waals surface area contributed by atoms with E-state index < -0.39 is 29.4 Å². The summed E-state index contributed by atoms with van der Waals surface area (Å²) in [7, 11) is 0. The van der Waals surface area contributed by atoms with Crippen LogP contribution in [-0.4, -0.2) is 34.2 Å². The average Bonchev–Trinajstić information content (AvgIpc) is 3.31. The number of aromatic nitrogens is 2. The van der Waals surface area contributed by atoms with Gasteiger partial charge in [-0.1, -0.05) is 6.92 Å². The van der Waals surface area contributed by atoms with Gasteiger partial charge < -0.3 is 10.1 Å². The van der Waals surface area contributed by atoms with Gasteiger partial charge in [-0.2, -0.15) is 0 Å². The standard InChI is InChI=1S/C23H20F4N4O2/c1-13(14-4-6-23(26,27)17(8-14)15-5-7-28-10-15)22(32)31-20-11-30-21(12-29-20)33-19-3-2-16(24)9-18(19)25/h2-3,5,7,9-14,17H,4,6,8H2,1H3/p+1. The maximum atomic E-state index is 14.5. The number of hydrogen-bond acceptors (Lipinski definition) is 4. The fourth-order valence-electron chi connectivity index (χ4n) is 4.04. The van der Waals surface area contributed by atoms with Crippen molar-refractivity contribution in [1.29, 1.82) is 0 Å². The Morgan fingerprint density at radius 2 is 2.09 bits per heavy atom. The smallest absolute Gasteiger partial charge is 0.296 e. The van der Waals surface area contributed by atoms with E-state index in [2.05, 4.69) is 20.0 Å². The lowest BCUT2D eigenvalue weighted by Crippen LogP contribution is -2.40. The molecule has 0 bridgehead atoms. The van der Waals surface area contributed by atoms with Crippen LogP contribution >= 0.6 is 0 Å². The van der Waals surface area contributed by atoms with Gasteiger partial charge >= 0.3 is 0 Å². The number of benzene rings is 1. The maximum Gasteiger partial charge on any atom is 0.296 e. The van der Waals surface area contributed by atoms with Gasteiger partial charge in [0.1, 0.15) is 5.82 Å². The minimum atomic E-state index is -2.84. The van der Waals surface area contributed by atoms with Crippen LogP contribution in [0.5, 0.6) is 11.6 Å². The van der Waals surface area contributed by atoms with Crippen molar-refractivity contribution in [2.45, 2.75) is 32.1 Å². The Labute approximate surface area is 187 Å². The van der Waals surface area contributed by atoms with Crippen molar-refractivity contribution in [2.24, 2.45) is 17.8 Å². The van der Waals surface area contributed by atoms with Crippen molar-refractivity contribution < 1.29 is 27.1 Å². The van der Waals surface area contributed by atoms with Gasteiger partial charge in [0.15, 0.2) is 17.4 Å². The van der Waals surface area contributed by atoms with E-state index in [1.165, 1.54) is 24.8 Å². The van der Waals surface area contributed by atoms with Crippen LogP contribution in [0.3, 0.4) is 0 Å². The van der Waals surface area contributed by atoms with E-state index in [9.17, 15) is 22.4 Å². The number of carbonyl (C=O) groups excluding carboxylic acids is 1. The third-order valence-corrected chi connectivity index (χ3v) is 5.98. The van der Waals surface area contributed by atoms with Crippen molar-refractivity contribution >= 4 is 24.2 Å². The van der Waals surface area contributed by atoms with Crippen LogP contribution in [0.1, 0.15) is 26.2 Å². The molecule has 1 aliphatic carbocycles. The Morgan fingerprint density at radius 3 is 2.76 bits per heavy atom. The van der Waals surface area contributed by atoms with E-state index in [0.717, 1.165) is 12.1 Å². The molecule has 0 saturated heterocycles. The molecule has 2 heterocycles. The van der Waals surface area contributed by atoms with Crippen molar-refractivity contribution in [1.82, 2.24) is 14.6 Å². The number of hydrogen-bond donors (Lipinski definition) is 1. The van der Waals surface area contributed by atoms with Crippen LogP contribution in [-0.2, 0) is 4.79 Å². The van der Waals surface area contributed by atoms with Gasteiger partial charge in [-0.05, 0) is 30.9 Å². The van der Waals surface area contributed by atoms with Crippen LogP contribution in [0, 0.1) is 29.4 Å². The number of nitrogens with zero attached hydrogens (tertiary/aromatic N) is 3. The molecule has 4 rings (SSSR count). The molecule has 1 aromatic carbocycles. The Bertz CT molecular complexity index is 1140. The molecule has 10 heteroatoms. The summed E-state index contributed by atoms with van der Waals surface area (Å²) >= 11 is 0. The van der Waals surface area contributed by atoms with Crippen molar-refractivity contribution in [3.05, 3.63) is 53.9 Å². The second-order valence-corrected chi connectivity index (χ2v) is 8.14. The molecule has 6 nitrogen and oxygen atoms in total. The van der Waals surface area contributed by atoms with Gasteiger partial charge in [0.25, 0.3) is 18.4 Å². The van der Waals surface area contributed by atoms with E-state index in [1.807, 2.05) is 0 Å². The zero-order valence-corrected chi connectivity index (χ0v) is 17.6. The molecule has 1 saturated carbocycles. The van der Waals surface area contributed by atoms with E-state index in [4.69, 9.17) is 4.74 Å². The summed E-state index contributed by atoms with van der Waals surface area (Å²) < 4.78 is 64.7. The molecule has 1 aliphatic heterocycles. The van der Waals surface area contributed by atoms with Crippen LogP contribution in [0.15, 0.2) is 42.2 Å². The monoisotopic (exact) mass is 461 g/mol. The number of nitrogens with one attached hydrogen (secondary N) is 1. The molecule has 3 atom stereocenters. The normalized spacial score (nSPS) is 22.0. The largest absolute Gasteiger partial charge is 0.434 e. The highest BCUT2D eigenvalue weighted by atomic mass is 19.3. The van der Waals surface area contributed by atoms with E-state index in [-0.39, 0.29) is 48.5 Å². The Hall–Kier alpha value is -3.52. The van der Waals surface area contributed by atoms with Crippen LogP contribution in [0.25, 0.3) is 0 Å².